The maximum Gasteiger partial charge on any atom is 0.328 e. The zero-order valence-electron chi connectivity index (χ0n) is 20.9. The molecule has 4 N–H and O–H groups in total. The molecular weight excluding hydrogens is 486 g/mol. The lowest BCUT2D eigenvalue weighted by Gasteiger charge is -2.33. The molecule has 2 heterocycles. The number of amides is 4. The predicted molar refractivity (Wildman–Crippen MR) is 135 cm³/mol. The highest BCUT2D eigenvalue weighted by Gasteiger charge is 2.44. The van der Waals surface area contributed by atoms with Crippen LogP contribution in [0.3, 0.4) is 0 Å². The number of morpholine rings is 1. The number of sulfonamides is 1. The van der Waals surface area contributed by atoms with Gasteiger partial charge >= 0.3 is 6.03 Å². The Hall–Kier alpha value is -3.12. The number of rotatable bonds is 11. The van der Waals surface area contributed by atoms with E-state index in [-0.39, 0.29) is 17.2 Å². The first kappa shape index (κ1) is 27.5. The van der Waals surface area contributed by atoms with Gasteiger partial charge in [0.25, 0.3) is 10.0 Å². The van der Waals surface area contributed by atoms with Gasteiger partial charge in [0.1, 0.15) is 4.90 Å². The lowest BCUT2D eigenvalue weighted by Crippen LogP contribution is -2.41. The molecule has 1 aromatic rings. The maximum absolute atomic E-state index is 13.4. The number of hydrogen-bond donors (Lipinski definition) is 4. The van der Waals surface area contributed by atoms with Gasteiger partial charge in [0.05, 0.1) is 30.4 Å². The molecule has 0 aliphatic carbocycles. The van der Waals surface area contributed by atoms with Crippen LogP contribution < -0.4 is 25.6 Å². The number of hydrogen-bond acceptors (Lipinski definition) is 7. The predicted octanol–water partition coefficient (Wildman–Crippen LogP) is 1.53. The molecule has 0 saturated carbocycles. The van der Waals surface area contributed by atoms with Crippen molar-refractivity contribution in [1.82, 2.24) is 20.7 Å². The van der Waals surface area contributed by atoms with Crippen LogP contribution in [0.25, 0.3) is 0 Å². The minimum absolute atomic E-state index is 0.0834. The van der Waals surface area contributed by atoms with Gasteiger partial charge < -0.3 is 25.6 Å². The van der Waals surface area contributed by atoms with E-state index in [1.165, 1.54) is 6.07 Å². The summed E-state index contributed by atoms with van der Waals surface area (Å²) in [6, 6.07) is 3.44. The lowest BCUT2D eigenvalue weighted by atomic mass is 9.73. The first-order chi connectivity index (χ1) is 17.2. The van der Waals surface area contributed by atoms with Crippen molar-refractivity contribution in [2.45, 2.75) is 51.0 Å². The Morgan fingerprint density at radius 3 is 2.58 bits per heavy atom. The third-order valence-electron chi connectivity index (χ3n) is 6.82. The number of carbonyl (C=O) groups excluding carboxylic acids is 3. The molecule has 2 unspecified atom stereocenters. The number of nitrogens with zero attached hydrogens (tertiary/aromatic N) is 1. The SMILES string of the molecule is CCCNC(=O)NS(=O)(=O)c1cc(C(CC2(CC)C(=O)NC=C2C)NC=O)ccc1N1CCOCC1. The van der Waals surface area contributed by atoms with Crippen molar-refractivity contribution in [1.29, 1.82) is 0 Å². The summed E-state index contributed by atoms with van der Waals surface area (Å²) in [6.07, 6.45) is 3.62. The lowest BCUT2D eigenvalue weighted by molar-refractivity contribution is -0.128. The summed E-state index contributed by atoms with van der Waals surface area (Å²) < 4.78 is 34.2. The van der Waals surface area contributed by atoms with E-state index in [1.807, 2.05) is 25.7 Å². The average molecular weight is 522 g/mol. The van der Waals surface area contributed by atoms with Crippen LogP contribution in [0.2, 0.25) is 0 Å². The molecule has 11 nitrogen and oxygen atoms in total. The Morgan fingerprint density at radius 2 is 2.00 bits per heavy atom. The highest BCUT2D eigenvalue weighted by molar-refractivity contribution is 7.90. The molecule has 1 aromatic carbocycles. The van der Waals surface area contributed by atoms with Gasteiger partial charge in [-0.3, -0.25) is 9.59 Å². The van der Waals surface area contributed by atoms with Gasteiger partial charge in [0.15, 0.2) is 0 Å². The molecule has 1 saturated heterocycles. The average Bonchev–Trinajstić information content (AvgIpc) is 3.15. The molecule has 3 rings (SSSR count). The van der Waals surface area contributed by atoms with Gasteiger partial charge in [0, 0.05) is 25.8 Å². The van der Waals surface area contributed by atoms with Crippen LogP contribution in [0.4, 0.5) is 10.5 Å². The Balaban J connectivity index is 2.04. The first-order valence-corrected chi connectivity index (χ1v) is 13.6. The van der Waals surface area contributed by atoms with Crippen molar-refractivity contribution in [3.05, 3.63) is 35.5 Å². The van der Waals surface area contributed by atoms with Crippen molar-refractivity contribution in [2.24, 2.45) is 5.41 Å². The molecular formula is C24H35N5O6S. The van der Waals surface area contributed by atoms with Crippen molar-refractivity contribution < 1.29 is 27.5 Å². The van der Waals surface area contributed by atoms with Crippen LogP contribution in [0.1, 0.15) is 51.6 Å². The molecule has 0 bridgehead atoms. The zero-order chi connectivity index (χ0) is 26.3. The van der Waals surface area contributed by atoms with E-state index < -0.39 is 27.5 Å². The second-order valence-electron chi connectivity index (χ2n) is 8.97. The standard InChI is InChI=1S/C24H35N5O6S/c1-4-8-25-23(32)28-36(33,34)21-13-18(6-7-20(21)29-9-11-35-12-10-29)19(27-16-30)14-24(5-2)17(3)15-26-22(24)31/h6-7,13,15-16,19H,4-5,8-12,14H2,1-3H3,(H,26,31)(H,27,30)(H2,25,28,32). The van der Waals surface area contributed by atoms with Gasteiger partial charge in [-0.05, 0) is 49.5 Å². The van der Waals surface area contributed by atoms with Crippen LogP contribution in [0.5, 0.6) is 0 Å². The number of urea groups is 1. The Labute approximate surface area is 212 Å². The minimum Gasteiger partial charge on any atom is -0.378 e. The second kappa shape index (κ2) is 11.7. The van der Waals surface area contributed by atoms with Crippen molar-refractivity contribution in [3.63, 3.8) is 0 Å². The number of benzene rings is 1. The fourth-order valence-electron chi connectivity index (χ4n) is 4.65. The van der Waals surface area contributed by atoms with Gasteiger partial charge in [-0.1, -0.05) is 19.9 Å². The summed E-state index contributed by atoms with van der Waals surface area (Å²) in [5, 5.41) is 8.02. The van der Waals surface area contributed by atoms with E-state index in [0.717, 1.165) is 5.57 Å². The monoisotopic (exact) mass is 521 g/mol. The summed E-state index contributed by atoms with van der Waals surface area (Å²) in [4.78, 5) is 38.3. The maximum atomic E-state index is 13.4. The Morgan fingerprint density at radius 1 is 1.28 bits per heavy atom. The van der Waals surface area contributed by atoms with E-state index >= 15 is 0 Å². The molecule has 0 aromatic heterocycles. The number of carbonyl (C=O) groups is 3. The van der Waals surface area contributed by atoms with E-state index in [1.54, 1.807) is 18.3 Å². The van der Waals surface area contributed by atoms with Crippen LogP contribution in [0, 0.1) is 5.41 Å². The quantitative estimate of drug-likeness (QED) is 0.323. The van der Waals surface area contributed by atoms with Crippen LogP contribution in [0.15, 0.2) is 34.9 Å². The number of ether oxygens (including phenoxy) is 1. The highest BCUT2D eigenvalue weighted by atomic mass is 32.2. The molecule has 2 atom stereocenters. The van der Waals surface area contributed by atoms with Gasteiger partial charge in [-0.15, -0.1) is 0 Å². The Kier molecular flexibility index (Phi) is 8.96. The van der Waals surface area contributed by atoms with Gasteiger partial charge in [0.2, 0.25) is 12.3 Å². The van der Waals surface area contributed by atoms with E-state index in [9.17, 15) is 22.8 Å². The summed E-state index contributed by atoms with van der Waals surface area (Å²) in [6.45, 7) is 7.82. The topological polar surface area (TPSA) is 146 Å². The fraction of sp³-hybridized carbons (Fsp3) is 0.542. The normalized spacial score (nSPS) is 20.8. The smallest absolute Gasteiger partial charge is 0.328 e. The van der Waals surface area contributed by atoms with Crippen LogP contribution >= 0.6 is 0 Å². The molecule has 198 valence electrons. The largest absolute Gasteiger partial charge is 0.378 e. The van der Waals surface area contributed by atoms with Crippen molar-refractivity contribution in [2.75, 3.05) is 37.7 Å². The molecule has 0 radical (unpaired) electrons. The number of nitrogens with one attached hydrogen (secondary N) is 4. The van der Waals surface area contributed by atoms with Crippen molar-refractivity contribution >= 4 is 34.1 Å². The molecule has 2 aliphatic heterocycles. The second-order valence-corrected chi connectivity index (χ2v) is 10.6. The van der Waals surface area contributed by atoms with Crippen LogP contribution in [-0.2, 0) is 24.3 Å². The molecule has 4 amide bonds. The Bertz CT molecular complexity index is 1120. The van der Waals surface area contributed by atoms with Gasteiger partial charge in [-0.25, -0.2) is 17.9 Å². The summed E-state index contributed by atoms with van der Waals surface area (Å²) >= 11 is 0. The molecule has 1 fully saturated rings. The zero-order valence-corrected chi connectivity index (χ0v) is 21.7. The molecule has 12 heteroatoms. The molecule has 2 aliphatic rings. The highest BCUT2D eigenvalue weighted by Crippen LogP contribution is 2.43. The summed E-state index contributed by atoms with van der Waals surface area (Å²) in [5.41, 5.74) is 0.956. The minimum atomic E-state index is -4.26. The first-order valence-electron chi connectivity index (χ1n) is 12.1. The third kappa shape index (κ3) is 5.81. The van der Waals surface area contributed by atoms with Crippen molar-refractivity contribution in [3.8, 4) is 0 Å². The fourth-order valence-corrected chi connectivity index (χ4v) is 5.84. The van der Waals surface area contributed by atoms with E-state index in [4.69, 9.17) is 4.74 Å². The third-order valence-corrected chi connectivity index (χ3v) is 8.18. The molecule has 0 spiro atoms. The van der Waals surface area contributed by atoms with Gasteiger partial charge in [-0.2, -0.15) is 0 Å². The van der Waals surface area contributed by atoms with E-state index in [0.29, 0.717) is 63.4 Å². The summed E-state index contributed by atoms with van der Waals surface area (Å²) in [5.74, 6) is -0.160. The van der Waals surface area contributed by atoms with E-state index in [2.05, 4.69) is 20.7 Å². The summed E-state index contributed by atoms with van der Waals surface area (Å²) in [7, 11) is -4.26. The molecule has 36 heavy (non-hydrogen) atoms. The van der Waals surface area contributed by atoms with Crippen LogP contribution in [-0.4, -0.2) is 59.6 Å². The number of anilines is 1.